The van der Waals surface area contributed by atoms with Crippen molar-refractivity contribution >= 4 is 15.9 Å². The number of rotatable bonds is 3. The largest absolute Gasteiger partial charge is 0.496 e. The quantitative estimate of drug-likeness (QED) is 0.900. The van der Waals surface area contributed by atoms with Gasteiger partial charge in [0.05, 0.1) is 7.11 Å². The smallest absolute Gasteiger partial charge is 0.125 e. The highest BCUT2D eigenvalue weighted by Crippen LogP contribution is 2.31. The molecule has 3 heteroatoms. The molecule has 0 unspecified atom stereocenters. The minimum absolute atomic E-state index is 0.0773. The summed E-state index contributed by atoms with van der Waals surface area (Å²) in [6, 6.07) is 6.07. The van der Waals surface area contributed by atoms with Gasteiger partial charge in [0.25, 0.3) is 0 Å². The van der Waals surface area contributed by atoms with Crippen molar-refractivity contribution in [3.05, 3.63) is 28.2 Å². The number of hydrogen-bond acceptors (Lipinski definition) is 2. The monoisotopic (exact) mass is 257 g/mol. The van der Waals surface area contributed by atoms with Crippen LogP contribution in [0.5, 0.6) is 5.75 Å². The summed E-state index contributed by atoms with van der Waals surface area (Å²) in [5.74, 6) is 0.902. The molecule has 1 aromatic rings. The van der Waals surface area contributed by atoms with Gasteiger partial charge in [-0.2, -0.15) is 0 Å². The third kappa shape index (κ3) is 2.28. The Kier molecular flexibility index (Phi) is 3.56. The normalized spacial score (nSPS) is 11.5. The molecule has 0 atom stereocenters. The van der Waals surface area contributed by atoms with Crippen LogP contribution in [0.1, 0.15) is 19.4 Å². The molecule has 0 aromatic heterocycles. The number of ether oxygens (including phenoxy) is 1. The maximum Gasteiger partial charge on any atom is 0.125 e. The molecule has 0 aliphatic rings. The van der Waals surface area contributed by atoms with E-state index in [4.69, 9.17) is 4.74 Å². The van der Waals surface area contributed by atoms with Gasteiger partial charge in [0, 0.05) is 15.6 Å². The second-order valence-corrected chi connectivity index (χ2v) is 4.64. The van der Waals surface area contributed by atoms with Crippen molar-refractivity contribution in [2.24, 2.45) is 0 Å². The summed E-state index contributed by atoms with van der Waals surface area (Å²) < 4.78 is 6.38. The first-order chi connectivity index (χ1) is 6.51. The zero-order valence-corrected chi connectivity index (χ0v) is 10.6. The van der Waals surface area contributed by atoms with Crippen LogP contribution in [-0.4, -0.2) is 14.2 Å². The molecule has 2 nitrogen and oxygen atoms in total. The van der Waals surface area contributed by atoms with Gasteiger partial charge < -0.3 is 10.1 Å². The predicted molar refractivity (Wildman–Crippen MR) is 62.8 cm³/mol. The van der Waals surface area contributed by atoms with Crippen molar-refractivity contribution in [2.75, 3.05) is 14.2 Å². The molecule has 1 N–H and O–H groups in total. The van der Waals surface area contributed by atoms with E-state index in [0.29, 0.717) is 0 Å². The van der Waals surface area contributed by atoms with E-state index in [2.05, 4.69) is 41.2 Å². The summed E-state index contributed by atoms with van der Waals surface area (Å²) in [5, 5.41) is 3.26. The fraction of sp³-hybridized carbons (Fsp3) is 0.455. The summed E-state index contributed by atoms with van der Waals surface area (Å²) in [6.07, 6.45) is 0. The van der Waals surface area contributed by atoms with E-state index in [1.165, 1.54) is 0 Å². The molecule has 0 saturated heterocycles. The first-order valence-corrected chi connectivity index (χ1v) is 5.33. The molecule has 0 saturated carbocycles. The Labute approximate surface area is 93.8 Å². The molecular formula is C11H16BrNO. The van der Waals surface area contributed by atoms with Crippen molar-refractivity contribution in [3.8, 4) is 5.75 Å². The Bertz CT molecular complexity index is 323. The first-order valence-electron chi connectivity index (χ1n) is 4.54. The van der Waals surface area contributed by atoms with Gasteiger partial charge >= 0.3 is 0 Å². The Balaban J connectivity index is 3.20. The number of benzene rings is 1. The summed E-state index contributed by atoms with van der Waals surface area (Å²) in [7, 11) is 3.64. The van der Waals surface area contributed by atoms with Gasteiger partial charge in [-0.3, -0.25) is 0 Å². The van der Waals surface area contributed by atoms with Gasteiger partial charge in [0.2, 0.25) is 0 Å². The number of halogens is 1. The standard InChI is InChI=1S/C11H16BrNO/c1-11(2,13-3)9-6-5-8(12)7-10(9)14-4/h5-7,13H,1-4H3. The number of hydrogen-bond donors (Lipinski definition) is 1. The van der Waals surface area contributed by atoms with Crippen LogP contribution in [0.15, 0.2) is 22.7 Å². The fourth-order valence-corrected chi connectivity index (χ4v) is 1.66. The number of methoxy groups -OCH3 is 1. The Morgan fingerprint density at radius 1 is 1.36 bits per heavy atom. The lowest BCUT2D eigenvalue weighted by molar-refractivity contribution is 0.375. The summed E-state index contributed by atoms with van der Waals surface area (Å²) >= 11 is 3.43. The topological polar surface area (TPSA) is 21.3 Å². The fourth-order valence-electron chi connectivity index (χ4n) is 1.32. The highest BCUT2D eigenvalue weighted by molar-refractivity contribution is 9.10. The molecular weight excluding hydrogens is 242 g/mol. The van der Waals surface area contributed by atoms with Crippen LogP contribution in [0.4, 0.5) is 0 Å². The zero-order valence-electron chi connectivity index (χ0n) is 9.02. The maximum atomic E-state index is 5.34. The van der Waals surface area contributed by atoms with E-state index >= 15 is 0 Å². The SMILES string of the molecule is CNC(C)(C)c1ccc(Br)cc1OC. The minimum atomic E-state index is -0.0773. The Morgan fingerprint density at radius 2 is 2.00 bits per heavy atom. The van der Waals surface area contributed by atoms with Gasteiger partial charge in [0.15, 0.2) is 0 Å². The van der Waals surface area contributed by atoms with Crippen molar-refractivity contribution in [1.29, 1.82) is 0 Å². The molecule has 0 amide bonds. The van der Waals surface area contributed by atoms with E-state index in [1.54, 1.807) is 7.11 Å². The van der Waals surface area contributed by atoms with E-state index in [1.807, 2.05) is 19.2 Å². The number of nitrogens with one attached hydrogen (secondary N) is 1. The average molecular weight is 258 g/mol. The zero-order chi connectivity index (χ0) is 10.8. The van der Waals surface area contributed by atoms with Crippen molar-refractivity contribution in [3.63, 3.8) is 0 Å². The van der Waals surface area contributed by atoms with E-state index in [9.17, 15) is 0 Å². The average Bonchev–Trinajstić information content (AvgIpc) is 2.17. The molecule has 78 valence electrons. The molecule has 1 aromatic carbocycles. The van der Waals surface area contributed by atoms with E-state index in [0.717, 1.165) is 15.8 Å². The molecule has 0 bridgehead atoms. The van der Waals surface area contributed by atoms with Gasteiger partial charge in [-0.15, -0.1) is 0 Å². The molecule has 0 radical (unpaired) electrons. The van der Waals surface area contributed by atoms with Gasteiger partial charge in [-0.1, -0.05) is 22.0 Å². The molecule has 14 heavy (non-hydrogen) atoms. The third-order valence-corrected chi connectivity index (χ3v) is 2.96. The Hall–Kier alpha value is -0.540. The van der Waals surface area contributed by atoms with Gasteiger partial charge in [-0.05, 0) is 33.0 Å². The van der Waals surface area contributed by atoms with E-state index in [-0.39, 0.29) is 5.54 Å². The van der Waals surface area contributed by atoms with Crippen LogP contribution in [0.3, 0.4) is 0 Å². The van der Waals surface area contributed by atoms with Crippen LogP contribution >= 0.6 is 15.9 Å². The molecule has 0 spiro atoms. The first kappa shape index (κ1) is 11.5. The van der Waals surface area contributed by atoms with Crippen LogP contribution in [0, 0.1) is 0 Å². The summed E-state index contributed by atoms with van der Waals surface area (Å²) in [4.78, 5) is 0. The summed E-state index contributed by atoms with van der Waals surface area (Å²) in [6.45, 7) is 4.25. The lowest BCUT2D eigenvalue weighted by Gasteiger charge is -2.26. The van der Waals surface area contributed by atoms with Crippen LogP contribution in [-0.2, 0) is 5.54 Å². The second kappa shape index (κ2) is 4.32. The lowest BCUT2D eigenvalue weighted by atomic mass is 9.94. The van der Waals surface area contributed by atoms with Crippen molar-refractivity contribution < 1.29 is 4.74 Å². The van der Waals surface area contributed by atoms with Crippen molar-refractivity contribution in [1.82, 2.24) is 5.32 Å². The Morgan fingerprint density at radius 3 is 2.50 bits per heavy atom. The van der Waals surface area contributed by atoms with Crippen molar-refractivity contribution in [2.45, 2.75) is 19.4 Å². The van der Waals surface area contributed by atoms with Gasteiger partial charge in [0.1, 0.15) is 5.75 Å². The highest BCUT2D eigenvalue weighted by Gasteiger charge is 2.21. The van der Waals surface area contributed by atoms with Gasteiger partial charge in [-0.25, -0.2) is 0 Å². The summed E-state index contributed by atoms with van der Waals surface area (Å²) in [5.41, 5.74) is 1.08. The van der Waals surface area contributed by atoms with E-state index < -0.39 is 0 Å². The van der Waals surface area contributed by atoms with Crippen LogP contribution < -0.4 is 10.1 Å². The lowest BCUT2D eigenvalue weighted by Crippen LogP contribution is -2.33. The minimum Gasteiger partial charge on any atom is -0.496 e. The van der Waals surface area contributed by atoms with Crippen LogP contribution in [0.2, 0.25) is 0 Å². The molecule has 1 rings (SSSR count). The predicted octanol–water partition coefficient (Wildman–Crippen LogP) is 2.91. The third-order valence-electron chi connectivity index (χ3n) is 2.46. The highest BCUT2D eigenvalue weighted by atomic mass is 79.9. The van der Waals surface area contributed by atoms with Crippen LogP contribution in [0.25, 0.3) is 0 Å². The maximum absolute atomic E-state index is 5.34. The molecule has 0 heterocycles. The second-order valence-electron chi connectivity index (χ2n) is 3.72. The molecule has 0 aliphatic heterocycles. The molecule has 0 aliphatic carbocycles. The molecule has 0 fully saturated rings.